The molecule has 1 aromatic carbocycles. The normalized spacial score (nSPS) is 11.8. The fraction of sp³-hybridized carbons (Fsp3) is 0.385. The van der Waals surface area contributed by atoms with Crippen LogP contribution in [0.25, 0.3) is 0 Å². The summed E-state index contributed by atoms with van der Waals surface area (Å²) in [6, 6.07) is 2.09. The van der Waals surface area contributed by atoms with Crippen molar-refractivity contribution in [3.8, 4) is 0 Å². The number of halogens is 1. The van der Waals surface area contributed by atoms with Crippen molar-refractivity contribution in [1.82, 2.24) is 4.90 Å². The summed E-state index contributed by atoms with van der Waals surface area (Å²) in [5, 5.41) is 19.5. The highest BCUT2D eigenvalue weighted by atomic mass is 19.1. The molecule has 0 aliphatic carbocycles. The zero-order chi connectivity index (χ0) is 16.2. The average Bonchev–Trinajstić information content (AvgIpc) is 2.42. The van der Waals surface area contributed by atoms with Crippen LogP contribution in [-0.2, 0) is 4.79 Å². The number of hydrogen-bond acceptors (Lipinski definition) is 4. The number of nitrogens with zero attached hydrogens (tertiary/aromatic N) is 2. The third kappa shape index (κ3) is 4.23. The largest absolute Gasteiger partial charge is 0.480 e. The first-order chi connectivity index (χ1) is 9.76. The molecule has 0 saturated heterocycles. The topological polar surface area (TPSA) is 101 Å². The van der Waals surface area contributed by atoms with Gasteiger partial charge in [-0.2, -0.15) is 0 Å². The van der Waals surface area contributed by atoms with E-state index in [9.17, 15) is 24.1 Å². The Labute approximate surface area is 120 Å². The number of carboxylic acids is 1. The SMILES string of the molecule is CCC(C)N(CC(=O)O)C(=O)c1cc(F)cc([N+](=O)[O-])c1. The number of carboxylic acid groups (broad SMARTS) is 1. The Morgan fingerprint density at radius 1 is 1.43 bits per heavy atom. The van der Waals surface area contributed by atoms with Crippen molar-refractivity contribution in [2.45, 2.75) is 26.3 Å². The van der Waals surface area contributed by atoms with E-state index >= 15 is 0 Å². The van der Waals surface area contributed by atoms with Crippen LogP contribution in [0.3, 0.4) is 0 Å². The van der Waals surface area contributed by atoms with Crippen LogP contribution in [0.2, 0.25) is 0 Å². The van der Waals surface area contributed by atoms with Gasteiger partial charge in [-0.3, -0.25) is 19.7 Å². The summed E-state index contributed by atoms with van der Waals surface area (Å²) < 4.78 is 13.4. The smallest absolute Gasteiger partial charge is 0.323 e. The van der Waals surface area contributed by atoms with Crippen molar-refractivity contribution in [2.24, 2.45) is 0 Å². The first-order valence-corrected chi connectivity index (χ1v) is 6.24. The van der Waals surface area contributed by atoms with Gasteiger partial charge in [-0.05, 0) is 19.4 Å². The minimum atomic E-state index is -1.21. The van der Waals surface area contributed by atoms with Crippen LogP contribution >= 0.6 is 0 Å². The summed E-state index contributed by atoms with van der Waals surface area (Å²) in [7, 11) is 0. The highest BCUT2D eigenvalue weighted by Crippen LogP contribution is 2.19. The van der Waals surface area contributed by atoms with Gasteiger partial charge in [0.1, 0.15) is 12.4 Å². The van der Waals surface area contributed by atoms with Gasteiger partial charge in [-0.1, -0.05) is 6.92 Å². The number of carbonyl (C=O) groups is 2. The van der Waals surface area contributed by atoms with Crippen LogP contribution in [-0.4, -0.2) is 39.4 Å². The molecular weight excluding hydrogens is 283 g/mol. The second-order valence-electron chi connectivity index (χ2n) is 4.54. The summed E-state index contributed by atoms with van der Waals surface area (Å²) in [5.74, 6) is -2.89. The van der Waals surface area contributed by atoms with E-state index in [2.05, 4.69) is 0 Å². The average molecular weight is 298 g/mol. The van der Waals surface area contributed by atoms with Crippen molar-refractivity contribution in [3.05, 3.63) is 39.7 Å². The molecule has 8 heteroatoms. The Balaban J connectivity index is 3.19. The highest BCUT2D eigenvalue weighted by Gasteiger charge is 2.25. The van der Waals surface area contributed by atoms with Gasteiger partial charge >= 0.3 is 5.97 Å². The van der Waals surface area contributed by atoms with Crippen LogP contribution in [0, 0.1) is 15.9 Å². The fourth-order valence-corrected chi connectivity index (χ4v) is 1.76. The van der Waals surface area contributed by atoms with E-state index in [0.29, 0.717) is 12.5 Å². The van der Waals surface area contributed by atoms with Gasteiger partial charge in [-0.15, -0.1) is 0 Å². The molecule has 0 bridgehead atoms. The van der Waals surface area contributed by atoms with E-state index in [4.69, 9.17) is 5.11 Å². The van der Waals surface area contributed by atoms with Gasteiger partial charge in [0.25, 0.3) is 11.6 Å². The number of rotatable bonds is 6. The van der Waals surface area contributed by atoms with Crippen molar-refractivity contribution >= 4 is 17.6 Å². The number of amides is 1. The Bertz CT molecular complexity index is 576. The molecule has 0 aliphatic heterocycles. The molecule has 0 saturated carbocycles. The molecule has 1 amide bonds. The number of nitro benzene ring substituents is 1. The molecule has 1 unspecified atom stereocenters. The van der Waals surface area contributed by atoms with Gasteiger partial charge in [0.2, 0.25) is 0 Å². The minimum Gasteiger partial charge on any atom is -0.480 e. The van der Waals surface area contributed by atoms with Gasteiger partial charge in [0, 0.05) is 17.7 Å². The first kappa shape index (κ1) is 16.5. The van der Waals surface area contributed by atoms with Gasteiger partial charge in [-0.25, -0.2) is 4.39 Å². The lowest BCUT2D eigenvalue weighted by molar-refractivity contribution is -0.385. The fourth-order valence-electron chi connectivity index (χ4n) is 1.76. The van der Waals surface area contributed by atoms with Crippen LogP contribution in [0.4, 0.5) is 10.1 Å². The van der Waals surface area contributed by atoms with E-state index in [-0.39, 0.29) is 5.56 Å². The van der Waals surface area contributed by atoms with E-state index < -0.39 is 40.9 Å². The van der Waals surface area contributed by atoms with E-state index in [1.807, 2.05) is 0 Å². The van der Waals surface area contributed by atoms with Crippen molar-refractivity contribution < 1.29 is 24.0 Å². The summed E-state index contributed by atoms with van der Waals surface area (Å²) in [4.78, 5) is 34.0. The molecule has 0 heterocycles. The molecule has 7 nitrogen and oxygen atoms in total. The maximum absolute atomic E-state index is 13.4. The molecule has 0 aliphatic rings. The number of nitro groups is 1. The Morgan fingerprint density at radius 2 is 2.05 bits per heavy atom. The molecule has 0 radical (unpaired) electrons. The summed E-state index contributed by atoms with van der Waals surface area (Å²) in [5.41, 5.74) is -0.805. The predicted octanol–water partition coefficient (Wildman–Crippen LogP) is 2.06. The molecule has 0 spiro atoms. The molecule has 114 valence electrons. The zero-order valence-corrected chi connectivity index (χ0v) is 11.6. The van der Waals surface area contributed by atoms with Gasteiger partial charge in [0.05, 0.1) is 11.0 Å². The number of hydrogen-bond donors (Lipinski definition) is 1. The quantitative estimate of drug-likeness (QED) is 0.640. The van der Waals surface area contributed by atoms with Crippen LogP contribution in [0.1, 0.15) is 30.6 Å². The van der Waals surface area contributed by atoms with Gasteiger partial charge < -0.3 is 10.0 Å². The maximum Gasteiger partial charge on any atom is 0.323 e. The lowest BCUT2D eigenvalue weighted by Gasteiger charge is -2.26. The van der Waals surface area contributed by atoms with Crippen molar-refractivity contribution in [2.75, 3.05) is 6.54 Å². The van der Waals surface area contributed by atoms with E-state index in [1.165, 1.54) is 0 Å². The monoisotopic (exact) mass is 298 g/mol. The molecule has 1 atom stereocenters. The van der Waals surface area contributed by atoms with Crippen molar-refractivity contribution in [3.63, 3.8) is 0 Å². The molecule has 0 aromatic heterocycles. The predicted molar refractivity (Wildman–Crippen MR) is 71.5 cm³/mol. The molecule has 1 aromatic rings. The molecule has 21 heavy (non-hydrogen) atoms. The Hall–Kier alpha value is -2.51. The van der Waals surface area contributed by atoms with Crippen LogP contribution in [0.15, 0.2) is 18.2 Å². The van der Waals surface area contributed by atoms with E-state index in [1.54, 1.807) is 13.8 Å². The molecule has 1 rings (SSSR count). The standard InChI is InChI=1S/C13H15FN2O5/c1-3-8(2)15(7-12(17)18)13(19)9-4-10(14)6-11(5-9)16(20)21/h4-6,8H,3,7H2,1-2H3,(H,17,18). The minimum absolute atomic E-state index is 0.247. The third-order valence-electron chi connectivity index (χ3n) is 3.03. The molecule has 0 fully saturated rings. The molecular formula is C13H15FN2O5. The number of carbonyl (C=O) groups excluding carboxylic acids is 1. The van der Waals surface area contributed by atoms with Crippen LogP contribution < -0.4 is 0 Å². The highest BCUT2D eigenvalue weighted by molar-refractivity contribution is 5.96. The lowest BCUT2D eigenvalue weighted by atomic mass is 10.1. The lowest BCUT2D eigenvalue weighted by Crippen LogP contribution is -2.41. The number of benzene rings is 1. The van der Waals surface area contributed by atoms with Crippen LogP contribution in [0.5, 0.6) is 0 Å². The maximum atomic E-state index is 13.4. The second-order valence-corrected chi connectivity index (χ2v) is 4.54. The van der Waals surface area contributed by atoms with Gasteiger partial charge in [0.15, 0.2) is 0 Å². The van der Waals surface area contributed by atoms with E-state index in [0.717, 1.165) is 17.0 Å². The Morgan fingerprint density at radius 3 is 2.52 bits per heavy atom. The summed E-state index contributed by atoms with van der Waals surface area (Å²) >= 11 is 0. The summed E-state index contributed by atoms with van der Waals surface area (Å²) in [6.07, 6.45) is 0.496. The molecule has 1 N–H and O–H groups in total. The first-order valence-electron chi connectivity index (χ1n) is 6.24. The second kappa shape index (κ2) is 6.78. The zero-order valence-electron chi connectivity index (χ0n) is 11.6. The number of non-ortho nitro benzene ring substituents is 1. The summed E-state index contributed by atoms with van der Waals surface area (Å²) in [6.45, 7) is 2.85. The van der Waals surface area contributed by atoms with Crippen molar-refractivity contribution in [1.29, 1.82) is 0 Å². The third-order valence-corrected chi connectivity index (χ3v) is 3.03. The Kier molecular flexibility index (Phi) is 5.34. The number of aliphatic carboxylic acids is 1.